The largest absolute Gasteiger partial charge is 2.00 e. The van der Waals surface area contributed by atoms with Crippen LogP contribution in [0.3, 0.4) is 0 Å². The van der Waals surface area contributed by atoms with E-state index in [-0.39, 0.29) is 26.2 Å². The summed E-state index contributed by atoms with van der Waals surface area (Å²) in [5.74, 6) is 0.560. The van der Waals surface area contributed by atoms with Crippen molar-refractivity contribution in [2.75, 3.05) is 0 Å². The molecule has 17 heavy (non-hydrogen) atoms. The van der Waals surface area contributed by atoms with Crippen LogP contribution in [0.2, 0.25) is 0 Å². The fourth-order valence-electron chi connectivity index (χ4n) is 1.91. The van der Waals surface area contributed by atoms with E-state index in [1.807, 2.05) is 0 Å². The van der Waals surface area contributed by atoms with Crippen LogP contribution in [0.4, 0.5) is 0 Å². The van der Waals surface area contributed by atoms with Gasteiger partial charge in [0.15, 0.2) is 0 Å². The number of hydrogen-bond donors (Lipinski definition) is 0. The standard InChI is InChI=1S/C9H13.C7H9.Zr/c1-6-5-7(2)9(4)8(6)3;1-6-3-4-7(2)5-6;/h6H,1-4H3;3H,4H2,1-2H3;/q2*-1;+2. The van der Waals surface area contributed by atoms with Crippen LogP contribution in [0.5, 0.6) is 0 Å². The van der Waals surface area contributed by atoms with Crippen LogP contribution in [0, 0.1) is 18.1 Å². The van der Waals surface area contributed by atoms with Crippen molar-refractivity contribution in [3.8, 4) is 0 Å². The van der Waals surface area contributed by atoms with Gasteiger partial charge in [-0.25, -0.2) is 17.2 Å². The van der Waals surface area contributed by atoms with Gasteiger partial charge in [0, 0.05) is 0 Å². The van der Waals surface area contributed by atoms with Crippen molar-refractivity contribution >= 4 is 0 Å². The second-order valence-electron chi connectivity index (χ2n) is 4.80. The molecular weight excluding hydrogens is 283 g/mol. The van der Waals surface area contributed by atoms with Gasteiger partial charge in [-0.15, -0.1) is 6.92 Å². The molecule has 0 N–H and O–H groups in total. The topological polar surface area (TPSA) is 0 Å². The van der Waals surface area contributed by atoms with Crippen LogP contribution in [0.25, 0.3) is 0 Å². The van der Waals surface area contributed by atoms with E-state index in [0.29, 0.717) is 5.92 Å². The van der Waals surface area contributed by atoms with Crippen LogP contribution in [0.1, 0.15) is 48.0 Å². The molecule has 1 heteroatoms. The minimum atomic E-state index is 0. The number of rotatable bonds is 0. The summed E-state index contributed by atoms with van der Waals surface area (Å²) in [4.78, 5) is 0. The zero-order chi connectivity index (χ0) is 12.3. The fourth-order valence-corrected chi connectivity index (χ4v) is 1.91. The molecule has 1 atom stereocenters. The summed E-state index contributed by atoms with van der Waals surface area (Å²) in [6.07, 6.45) is 9.86. The average molecular weight is 306 g/mol. The Kier molecular flexibility index (Phi) is 7.25. The van der Waals surface area contributed by atoms with Crippen molar-refractivity contribution in [3.63, 3.8) is 0 Å². The summed E-state index contributed by atoms with van der Waals surface area (Å²) in [5, 5.41) is 0. The molecule has 2 aliphatic carbocycles. The van der Waals surface area contributed by atoms with E-state index >= 15 is 0 Å². The normalized spacial score (nSPS) is 22.2. The van der Waals surface area contributed by atoms with E-state index in [1.54, 1.807) is 0 Å². The van der Waals surface area contributed by atoms with Gasteiger partial charge in [0.1, 0.15) is 0 Å². The number of allylic oxidation sites excluding steroid dienone is 8. The molecule has 0 aliphatic heterocycles. The Morgan fingerprint density at radius 1 is 1.12 bits per heavy atom. The first kappa shape index (κ1) is 16.8. The first-order chi connectivity index (χ1) is 7.41. The van der Waals surface area contributed by atoms with Crippen molar-refractivity contribution in [2.45, 2.75) is 48.0 Å². The Morgan fingerprint density at radius 2 is 1.71 bits per heavy atom. The van der Waals surface area contributed by atoms with E-state index in [1.165, 1.54) is 27.9 Å². The molecule has 0 spiro atoms. The summed E-state index contributed by atoms with van der Waals surface area (Å²) in [6.45, 7) is 12.9. The molecule has 0 bridgehead atoms. The van der Waals surface area contributed by atoms with E-state index in [4.69, 9.17) is 0 Å². The third kappa shape index (κ3) is 4.92. The molecule has 0 saturated carbocycles. The average Bonchev–Trinajstić information content (AvgIpc) is 2.68. The van der Waals surface area contributed by atoms with Crippen molar-refractivity contribution < 1.29 is 26.2 Å². The molecule has 0 amide bonds. The van der Waals surface area contributed by atoms with Crippen LogP contribution in [-0.4, -0.2) is 0 Å². The Morgan fingerprint density at radius 3 is 1.82 bits per heavy atom. The smallest absolute Gasteiger partial charge is 0.266 e. The van der Waals surface area contributed by atoms with Crippen LogP contribution < -0.4 is 0 Å². The second kappa shape index (κ2) is 7.32. The van der Waals surface area contributed by atoms with Gasteiger partial charge in [-0.3, -0.25) is 12.2 Å². The molecule has 0 aromatic rings. The SMILES string of the molecule is CC1=[C-]C(C)=CC1.CC1=[C-]C(C)C(C)=C1C.[Zr+2]. The van der Waals surface area contributed by atoms with Gasteiger partial charge in [0.25, 0.3) is 0 Å². The van der Waals surface area contributed by atoms with E-state index in [2.05, 4.69) is 59.8 Å². The molecule has 2 aliphatic rings. The first-order valence-corrected chi connectivity index (χ1v) is 5.96. The molecule has 0 aromatic heterocycles. The predicted molar refractivity (Wildman–Crippen MR) is 70.8 cm³/mol. The molecule has 0 heterocycles. The van der Waals surface area contributed by atoms with Gasteiger partial charge >= 0.3 is 26.2 Å². The maximum absolute atomic E-state index is 3.36. The van der Waals surface area contributed by atoms with Gasteiger partial charge in [-0.05, 0) is 0 Å². The Labute approximate surface area is 126 Å². The third-order valence-electron chi connectivity index (χ3n) is 3.36. The van der Waals surface area contributed by atoms with E-state index < -0.39 is 0 Å². The zero-order valence-electron chi connectivity index (χ0n) is 11.9. The van der Waals surface area contributed by atoms with Gasteiger partial charge in [-0.2, -0.15) is 16.7 Å². The van der Waals surface area contributed by atoms with E-state index in [0.717, 1.165) is 6.42 Å². The molecule has 0 radical (unpaired) electrons. The summed E-state index contributed by atoms with van der Waals surface area (Å²) < 4.78 is 0. The molecule has 0 nitrogen and oxygen atoms in total. The molecule has 0 saturated heterocycles. The summed E-state index contributed by atoms with van der Waals surface area (Å²) in [6, 6.07) is 0. The van der Waals surface area contributed by atoms with Gasteiger partial charge < -0.3 is 0 Å². The van der Waals surface area contributed by atoms with Crippen LogP contribution >= 0.6 is 0 Å². The van der Waals surface area contributed by atoms with Gasteiger partial charge in [0.2, 0.25) is 0 Å². The van der Waals surface area contributed by atoms with Gasteiger partial charge in [0.05, 0.1) is 0 Å². The Balaban J connectivity index is 0.000000292. The Hall–Kier alpha value is -0.157. The third-order valence-corrected chi connectivity index (χ3v) is 3.36. The monoisotopic (exact) mass is 304 g/mol. The minimum Gasteiger partial charge on any atom is -0.266 e. The summed E-state index contributed by atoms with van der Waals surface area (Å²) in [5.41, 5.74) is 6.89. The zero-order valence-corrected chi connectivity index (χ0v) is 14.3. The fraction of sp³-hybridized carbons (Fsp3) is 0.500. The van der Waals surface area contributed by atoms with E-state index in [9.17, 15) is 0 Å². The quantitative estimate of drug-likeness (QED) is 0.564. The molecule has 0 fully saturated rings. The number of hydrogen-bond acceptors (Lipinski definition) is 0. The second-order valence-corrected chi connectivity index (χ2v) is 4.80. The first-order valence-electron chi connectivity index (χ1n) is 5.96. The maximum atomic E-state index is 3.36. The van der Waals surface area contributed by atoms with Crippen molar-refractivity contribution in [3.05, 3.63) is 46.1 Å². The summed E-state index contributed by atoms with van der Waals surface area (Å²) >= 11 is 0. The van der Waals surface area contributed by atoms with Crippen molar-refractivity contribution in [1.82, 2.24) is 0 Å². The Bertz CT molecular complexity index is 392. The molecule has 90 valence electrons. The minimum absolute atomic E-state index is 0. The van der Waals surface area contributed by atoms with Crippen molar-refractivity contribution in [2.24, 2.45) is 5.92 Å². The molecule has 2 rings (SSSR count). The van der Waals surface area contributed by atoms with Crippen LogP contribution in [0.15, 0.2) is 33.9 Å². The molecular formula is C16H22Zr. The maximum Gasteiger partial charge on any atom is 2.00 e. The van der Waals surface area contributed by atoms with Gasteiger partial charge in [-0.1, -0.05) is 47.0 Å². The predicted octanol–water partition coefficient (Wildman–Crippen LogP) is 4.81. The van der Waals surface area contributed by atoms with Crippen molar-refractivity contribution in [1.29, 1.82) is 0 Å². The molecule has 0 aromatic carbocycles. The molecule has 1 unspecified atom stereocenters. The summed E-state index contributed by atoms with van der Waals surface area (Å²) in [7, 11) is 0. The van der Waals surface area contributed by atoms with Crippen LogP contribution in [-0.2, 0) is 26.2 Å².